The van der Waals surface area contributed by atoms with Gasteiger partial charge >= 0.3 is 11.9 Å². The second-order valence-electron chi connectivity index (χ2n) is 9.51. The highest BCUT2D eigenvalue weighted by Gasteiger charge is 1.98. The van der Waals surface area contributed by atoms with Crippen LogP contribution in [0.25, 0.3) is 0 Å². The summed E-state index contributed by atoms with van der Waals surface area (Å²) in [6.07, 6.45) is 27.3. The minimum atomic E-state index is -0.0686. The lowest BCUT2D eigenvalue weighted by atomic mass is 10.1. The van der Waals surface area contributed by atoms with Crippen LogP contribution < -0.4 is 0 Å². The van der Waals surface area contributed by atoms with Crippen molar-refractivity contribution in [3.05, 3.63) is 0 Å². The Morgan fingerprint density at radius 1 is 0.382 bits per heavy atom. The Morgan fingerprint density at radius 3 is 0.853 bits per heavy atom. The molecule has 0 saturated carbocycles. The molecule has 4 nitrogen and oxygen atoms in total. The van der Waals surface area contributed by atoms with Crippen LogP contribution in [-0.2, 0) is 19.1 Å². The maximum absolute atomic E-state index is 10.8. The van der Waals surface area contributed by atoms with Gasteiger partial charge in [-0.15, -0.1) is 0 Å². The van der Waals surface area contributed by atoms with E-state index in [2.05, 4.69) is 13.8 Å². The number of hydrogen-bond donors (Lipinski definition) is 0. The fraction of sp³-hybridized carbons (Fsp3) is 0.933. The van der Waals surface area contributed by atoms with Crippen LogP contribution in [0.5, 0.6) is 0 Å². The first kappa shape index (κ1) is 35.1. The monoisotopic (exact) mass is 484 g/mol. The molecule has 0 unspecified atom stereocenters. The third-order valence-corrected chi connectivity index (χ3v) is 6.10. The van der Waals surface area contributed by atoms with E-state index < -0.39 is 0 Å². The highest BCUT2D eigenvalue weighted by Crippen LogP contribution is 2.11. The van der Waals surface area contributed by atoms with Gasteiger partial charge in [-0.2, -0.15) is 0 Å². The van der Waals surface area contributed by atoms with Crippen molar-refractivity contribution in [1.29, 1.82) is 0 Å². The summed E-state index contributed by atoms with van der Waals surface area (Å²) in [6, 6.07) is 0. The number of hydrogen-bond acceptors (Lipinski definition) is 4. The molecule has 34 heavy (non-hydrogen) atoms. The van der Waals surface area contributed by atoms with E-state index in [-0.39, 0.29) is 11.9 Å². The summed E-state index contributed by atoms with van der Waals surface area (Å²) in [5.74, 6) is -0.137. The summed E-state index contributed by atoms with van der Waals surface area (Å²) in [5, 5.41) is 0. The summed E-state index contributed by atoms with van der Waals surface area (Å²) in [6.45, 7) is 9.41. The van der Waals surface area contributed by atoms with Gasteiger partial charge in [-0.1, -0.05) is 143 Å². The van der Waals surface area contributed by atoms with Gasteiger partial charge in [-0.25, -0.2) is 0 Å². The first-order valence-corrected chi connectivity index (χ1v) is 14.9. The lowest BCUT2D eigenvalue weighted by Crippen LogP contribution is -2.03. The zero-order chi connectivity index (χ0) is 25.5. The zero-order valence-electron chi connectivity index (χ0n) is 23.6. The van der Waals surface area contributed by atoms with Crippen LogP contribution in [0.1, 0.15) is 169 Å². The van der Waals surface area contributed by atoms with Gasteiger partial charge in [0.1, 0.15) is 0 Å². The second-order valence-corrected chi connectivity index (χ2v) is 9.51. The zero-order valence-corrected chi connectivity index (χ0v) is 23.6. The number of unbranched alkanes of at least 4 members (excludes halogenated alkanes) is 18. The van der Waals surface area contributed by atoms with Crippen LogP contribution in [0.4, 0.5) is 0 Å². The maximum Gasteiger partial charge on any atom is 0.305 e. The molecule has 0 spiro atoms. The summed E-state index contributed by atoms with van der Waals surface area (Å²) in [7, 11) is 0. The van der Waals surface area contributed by atoms with Crippen LogP contribution in [0.3, 0.4) is 0 Å². The van der Waals surface area contributed by atoms with Gasteiger partial charge < -0.3 is 9.47 Å². The molecule has 4 heteroatoms. The maximum atomic E-state index is 10.8. The molecule has 0 aliphatic carbocycles. The van der Waals surface area contributed by atoms with Crippen molar-refractivity contribution in [1.82, 2.24) is 0 Å². The van der Waals surface area contributed by atoms with Crippen LogP contribution >= 0.6 is 0 Å². The molecule has 0 bridgehead atoms. The van der Waals surface area contributed by atoms with Crippen molar-refractivity contribution in [2.75, 3.05) is 13.2 Å². The molecule has 0 aromatic carbocycles. The molecule has 0 atom stereocenters. The van der Waals surface area contributed by atoms with Gasteiger partial charge in [0, 0.05) is 12.8 Å². The number of carbonyl (C=O) groups is 2. The SMILES string of the molecule is CCCCCCCCCCCCOC(=O)CC.CCCCCCCCCCCCOC(=O)CC. The summed E-state index contributed by atoms with van der Waals surface area (Å²) >= 11 is 0. The lowest BCUT2D eigenvalue weighted by molar-refractivity contribution is -0.144. The molecule has 0 amide bonds. The Bertz CT molecular complexity index is 371. The molecule has 0 fully saturated rings. The fourth-order valence-electron chi connectivity index (χ4n) is 3.76. The van der Waals surface area contributed by atoms with Gasteiger partial charge in [0.2, 0.25) is 0 Å². The van der Waals surface area contributed by atoms with Crippen molar-refractivity contribution >= 4 is 11.9 Å². The average Bonchev–Trinajstić information content (AvgIpc) is 2.85. The quantitative estimate of drug-likeness (QED) is 0.101. The molecule has 204 valence electrons. The van der Waals surface area contributed by atoms with Gasteiger partial charge in [0.15, 0.2) is 0 Å². The smallest absolute Gasteiger partial charge is 0.305 e. The fourth-order valence-corrected chi connectivity index (χ4v) is 3.76. The molecule has 0 aromatic heterocycles. The van der Waals surface area contributed by atoms with E-state index in [9.17, 15) is 9.59 Å². The molecule has 0 rings (SSSR count). The van der Waals surface area contributed by atoms with Crippen LogP contribution in [0.15, 0.2) is 0 Å². The van der Waals surface area contributed by atoms with Crippen molar-refractivity contribution < 1.29 is 19.1 Å². The Balaban J connectivity index is 0. The molecular formula is C30H60O4. The van der Waals surface area contributed by atoms with Gasteiger partial charge in [-0.3, -0.25) is 9.59 Å². The summed E-state index contributed by atoms with van der Waals surface area (Å²) < 4.78 is 10.0. The van der Waals surface area contributed by atoms with Crippen molar-refractivity contribution in [3.8, 4) is 0 Å². The van der Waals surface area contributed by atoms with E-state index in [1.807, 2.05) is 13.8 Å². The predicted molar refractivity (Wildman–Crippen MR) is 146 cm³/mol. The number of ether oxygens (including phenoxy) is 2. The third-order valence-electron chi connectivity index (χ3n) is 6.10. The summed E-state index contributed by atoms with van der Waals surface area (Å²) in [4.78, 5) is 21.7. The standard InChI is InChI=1S/2C15H30O2/c2*1-3-5-6-7-8-9-10-11-12-13-14-17-15(16)4-2/h2*3-14H2,1-2H3. The molecule has 0 N–H and O–H groups in total. The normalized spacial score (nSPS) is 10.5. The Morgan fingerprint density at radius 2 is 0.618 bits per heavy atom. The first-order valence-electron chi connectivity index (χ1n) is 14.9. The molecule has 0 aliphatic rings. The molecule has 0 saturated heterocycles. The first-order chi connectivity index (χ1) is 16.6. The number of esters is 2. The molecular weight excluding hydrogens is 424 g/mol. The van der Waals surface area contributed by atoms with Gasteiger partial charge in [-0.05, 0) is 12.8 Å². The summed E-state index contributed by atoms with van der Waals surface area (Å²) in [5.41, 5.74) is 0. The topological polar surface area (TPSA) is 52.6 Å². The Labute approximate surface area is 213 Å². The predicted octanol–water partition coefficient (Wildman–Crippen LogP) is 9.72. The Kier molecular flexibility index (Phi) is 33.0. The molecule has 0 aromatic rings. The van der Waals surface area contributed by atoms with Gasteiger partial charge in [0.05, 0.1) is 13.2 Å². The number of carbonyl (C=O) groups excluding carboxylic acids is 2. The third kappa shape index (κ3) is 33.1. The highest BCUT2D eigenvalue weighted by molar-refractivity contribution is 5.69. The van der Waals surface area contributed by atoms with E-state index in [1.54, 1.807) is 0 Å². The van der Waals surface area contributed by atoms with Crippen LogP contribution in [0, 0.1) is 0 Å². The Hall–Kier alpha value is -1.06. The second kappa shape index (κ2) is 31.9. The lowest BCUT2D eigenvalue weighted by Gasteiger charge is -2.03. The van der Waals surface area contributed by atoms with E-state index in [0.717, 1.165) is 12.8 Å². The van der Waals surface area contributed by atoms with E-state index in [4.69, 9.17) is 9.47 Å². The average molecular weight is 485 g/mol. The largest absolute Gasteiger partial charge is 0.466 e. The molecule has 0 heterocycles. The van der Waals surface area contributed by atoms with E-state index in [0.29, 0.717) is 26.1 Å². The van der Waals surface area contributed by atoms with Gasteiger partial charge in [0.25, 0.3) is 0 Å². The van der Waals surface area contributed by atoms with E-state index in [1.165, 1.54) is 116 Å². The van der Waals surface area contributed by atoms with Crippen LogP contribution in [-0.4, -0.2) is 25.2 Å². The van der Waals surface area contributed by atoms with E-state index >= 15 is 0 Å². The molecule has 0 radical (unpaired) electrons. The highest BCUT2D eigenvalue weighted by atomic mass is 16.5. The minimum Gasteiger partial charge on any atom is -0.466 e. The number of rotatable bonds is 24. The van der Waals surface area contributed by atoms with Crippen molar-refractivity contribution in [2.45, 2.75) is 169 Å². The van der Waals surface area contributed by atoms with Crippen molar-refractivity contribution in [3.63, 3.8) is 0 Å². The molecule has 0 aliphatic heterocycles. The van der Waals surface area contributed by atoms with Crippen molar-refractivity contribution in [2.24, 2.45) is 0 Å². The van der Waals surface area contributed by atoms with Crippen LogP contribution in [0.2, 0.25) is 0 Å². The minimum absolute atomic E-state index is 0.0686.